The van der Waals surface area contributed by atoms with Gasteiger partial charge in [0.25, 0.3) is 0 Å². The molecule has 0 aliphatic rings. The fourth-order valence-electron chi connectivity index (χ4n) is 2.00. The van der Waals surface area contributed by atoms with Crippen LogP contribution in [0.25, 0.3) is 0 Å². The van der Waals surface area contributed by atoms with Gasteiger partial charge in [0.15, 0.2) is 5.78 Å². The number of hydrogen-bond acceptors (Lipinski definition) is 3. The van der Waals surface area contributed by atoms with Crippen molar-refractivity contribution in [3.05, 3.63) is 35.4 Å². The van der Waals surface area contributed by atoms with Gasteiger partial charge in [-0.3, -0.25) is 14.4 Å². The number of amides is 1. The fraction of sp³-hybridized carbons (Fsp3) is 0.438. The smallest absolute Gasteiger partial charge is 0.303 e. The van der Waals surface area contributed by atoms with E-state index in [9.17, 15) is 23.2 Å². The predicted molar refractivity (Wildman–Crippen MR) is 79.0 cm³/mol. The molecule has 2 N–H and O–H groups in total. The first-order valence-corrected chi connectivity index (χ1v) is 7.12. The highest BCUT2D eigenvalue weighted by atomic mass is 19.1. The first kappa shape index (κ1) is 18.7. The van der Waals surface area contributed by atoms with Crippen LogP contribution in [0.1, 0.15) is 49.9 Å². The van der Waals surface area contributed by atoms with E-state index in [-0.39, 0.29) is 31.2 Å². The number of benzene rings is 1. The lowest BCUT2D eigenvalue weighted by atomic mass is 9.97. The molecule has 1 aromatic carbocycles. The maximum atomic E-state index is 13.5. The number of carboxylic acid groups (broad SMARTS) is 1. The van der Waals surface area contributed by atoms with Gasteiger partial charge < -0.3 is 10.4 Å². The quantitative estimate of drug-likeness (QED) is 0.719. The van der Waals surface area contributed by atoms with Crippen LogP contribution >= 0.6 is 0 Å². The van der Waals surface area contributed by atoms with Crippen LogP contribution in [0.3, 0.4) is 0 Å². The van der Waals surface area contributed by atoms with Crippen molar-refractivity contribution in [2.24, 2.45) is 0 Å². The van der Waals surface area contributed by atoms with Gasteiger partial charge in [-0.25, -0.2) is 8.78 Å². The molecule has 0 saturated carbocycles. The van der Waals surface area contributed by atoms with Crippen molar-refractivity contribution in [3.63, 3.8) is 0 Å². The number of ketones is 1. The number of halogens is 2. The monoisotopic (exact) mass is 327 g/mol. The SMILES string of the molecule is CC(C)(CCC(=O)O)NC(=O)CCC(=O)c1ccc(F)cc1F. The number of carboxylic acids is 1. The van der Waals surface area contributed by atoms with Gasteiger partial charge >= 0.3 is 5.97 Å². The lowest BCUT2D eigenvalue weighted by Crippen LogP contribution is -2.43. The molecule has 0 aromatic heterocycles. The van der Waals surface area contributed by atoms with Crippen molar-refractivity contribution in [1.29, 1.82) is 0 Å². The summed E-state index contributed by atoms with van der Waals surface area (Å²) in [5.41, 5.74) is -0.982. The highest BCUT2D eigenvalue weighted by Crippen LogP contribution is 2.14. The Morgan fingerprint density at radius 2 is 1.78 bits per heavy atom. The van der Waals surface area contributed by atoms with Crippen LogP contribution in [0.2, 0.25) is 0 Å². The molecule has 23 heavy (non-hydrogen) atoms. The largest absolute Gasteiger partial charge is 0.481 e. The van der Waals surface area contributed by atoms with Gasteiger partial charge in [-0.15, -0.1) is 0 Å². The third kappa shape index (κ3) is 6.54. The lowest BCUT2D eigenvalue weighted by molar-refractivity contribution is -0.137. The van der Waals surface area contributed by atoms with Crippen LogP contribution in [-0.4, -0.2) is 28.3 Å². The zero-order valence-corrected chi connectivity index (χ0v) is 13.0. The van der Waals surface area contributed by atoms with Gasteiger partial charge in [0.1, 0.15) is 11.6 Å². The van der Waals surface area contributed by atoms with Crippen LogP contribution in [-0.2, 0) is 9.59 Å². The molecule has 0 unspecified atom stereocenters. The summed E-state index contributed by atoms with van der Waals surface area (Å²) in [5.74, 6) is -3.74. The van der Waals surface area contributed by atoms with Crippen molar-refractivity contribution in [2.45, 2.75) is 45.1 Å². The Hall–Kier alpha value is -2.31. The molecule has 0 aliphatic carbocycles. The van der Waals surface area contributed by atoms with Crippen LogP contribution in [0.4, 0.5) is 8.78 Å². The molecule has 1 amide bonds. The van der Waals surface area contributed by atoms with E-state index in [2.05, 4.69) is 5.32 Å². The second kappa shape index (κ2) is 7.80. The number of hydrogen-bond donors (Lipinski definition) is 2. The molecule has 0 saturated heterocycles. The van der Waals surface area contributed by atoms with E-state index in [4.69, 9.17) is 5.11 Å². The summed E-state index contributed by atoms with van der Waals surface area (Å²) in [4.78, 5) is 34.2. The van der Waals surface area contributed by atoms with Crippen LogP contribution in [0.15, 0.2) is 18.2 Å². The van der Waals surface area contributed by atoms with Crippen LogP contribution < -0.4 is 5.32 Å². The van der Waals surface area contributed by atoms with Crippen molar-refractivity contribution in [3.8, 4) is 0 Å². The maximum absolute atomic E-state index is 13.5. The second-order valence-corrected chi connectivity index (χ2v) is 5.87. The molecule has 0 heterocycles. The molecule has 0 spiro atoms. The number of rotatable bonds is 8. The molecule has 5 nitrogen and oxygen atoms in total. The third-order valence-corrected chi connectivity index (χ3v) is 3.25. The first-order valence-electron chi connectivity index (χ1n) is 7.12. The molecule has 0 bridgehead atoms. The number of carbonyl (C=O) groups is 3. The molecule has 0 atom stereocenters. The summed E-state index contributed by atoms with van der Waals surface area (Å²) in [7, 11) is 0. The van der Waals surface area contributed by atoms with E-state index < -0.39 is 34.8 Å². The average molecular weight is 327 g/mol. The van der Waals surface area contributed by atoms with E-state index in [1.54, 1.807) is 13.8 Å². The Labute approximate surface area is 132 Å². The van der Waals surface area contributed by atoms with Crippen molar-refractivity contribution >= 4 is 17.7 Å². The molecular formula is C16H19F2NO4. The van der Waals surface area contributed by atoms with Crippen molar-refractivity contribution < 1.29 is 28.3 Å². The first-order chi connectivity index (χ1) is 10.6. The summed E-state index contributed by atoms with van der Waals surface area (Å²) in [6.45, 7) is 3.35. The van der Waals surface area contributed by atoms with E-state index in [0.29, 0.717) is 6.07 Å². The lowest BCUT2D eigenvalue weighted by Gasteiger charge is -2.25. The number of Topliss-reactive ketones (excluding diaryl/α,β-unsaturated/α-hetero) is 1. The third-order valence-electron chi connectivity index (χ3n) is 3.25. The molecule has 1 aromatic rings. The summed E-state index contributed by atoms with van der Waals surface area (Å²) in [6.07, 6.45) is -0.225. The Morgan fingerprint density at radius 3 is 2.35 bits per heavy atom. The zero-order chi connectivity index (χ0) is 17.6. The fourth-order valence-corrected chi connectivity index (χ4v) is 2.00. The van der Waals surface area contributed by atoms with Gasteiger partial charge in [-0.05, 0) is 32.4 Å². The van der Waals surface area contributed by atoms with Gasteiger partial charge in [0.2, 0.25) is 5.91 Å². The van der Waals surface area contributed by atoms with E-state index in [1.807, 2.05) is 0 Å². The molecule has 0 radical (unpaired) electrons. The second-order valence-electron chi connectivity index (χ2n) is 5.87. The molecular weight excluding hydrogens is 308 g/mol. The molecule has 1 rings (SSSR count). The zero-order valence-electron chi connectivity index (χ0n) is 13.0. The minimum absolute atomic E-state index is 0.0903. The summed E-state index contributed by atoms with van der Waals surface area (Å²) >= 11 is 0. The normalized spacial score (nSPS) is 11.1. The maximum Gasteiger partial charge on any atom is 0.303 e. The topological polar surface area (TPSA) is 83.5 Å². The Bertz CT molecular complexity index is 614. The number of carbonyl (C=O) groups excluding carboxylic acids is 2. The summed E-state index contributed by atoms with van der Waals surface area (Å²) < 4.78 is 26.2. The van der Waals surface area contributed by atoms with E-state index in [1.165, 1.54) is 0 Å². The predicted octanol–water partition coefficient (Wildman–Crippen LogP) is 2.69. The number of nitrogens with one attached hydrogen (secondary N) is 1. The van der Waals surface area contributed by atoms with E-state index in [0.717, 1.165) is 12.1 Å². The van der Waals surface area contributed by atoms with Crippen molar-refractivity contribution in [1.82, 2.24) is 5.32 Å². The molecule has 7 heteroatoms. The summed E-state index contributed by atoms with van der Waals surface area (Å²) in [5, 5.41) is 11.3. The minimum Gasteiger partial charge on any atom is -0.481 e. The number of aliphatic carboxylic acids is 1. The van der Waals surface area contributed by atoms with Gasteiger partial charge in [-0.2, -0.15) is 0 Å². The standard InChI is InChI=1S/C16H19F2NO4/c1-16(2,8-7-15(22)23)19-14(21)6-5-13(20)11-4-3-10(17)9-12(11)18/h3-4,9H,5-8H2,1-2H3,(H,19,21)(H,22,23). The van der Waals surface area contributed by atoms with Crippen LogP contribution in [0, 0.1) is 11.6 Å². The van der Waals surface area contributed by atoms with Crippen LogP contribution in [0.5, 0.6) is 0 Å². The van der Waals surface area contributed by atoms with Crippen molar-refractivity contribution in [2.75, 3.05) is 0 Å². The van der Waals surface area contributed by atoms with Gasteiger partial charge in [0.05, 0.1) is 5.56 Å². The van der Waals surface area contributed by atoms with Gasteiger partial charge in [-0.1, -0.05) is 0 Å². The van der Waals surface area contributed by atoms with Gasteiger partial charge in [0, 0.05) is 30.9 Å². The summed E-state index contributed by atoms with van der Waals surface area (Å²) in [6, 6.07) is 2.63. The highest BCUT2D eigenvalue weighted by Gasteiger charge is 2.22. The highest BCUT2D eigenvalue weighted by molar-refractivity contribution is 5.98. The molecule has 0 aliphatic heterocycles. The minimum atomic E-state index is -0.964. The average Bonchev–Trinajstić information content (AvgIpc) is 2.42. The Morgan fingerprint density at radius 1 is 1.13 bits per heavy atom. The Kier molecular flexibility index (Phi) is 6.36. The van der Waals surface area contributed by atoms with E-state index >= 15 is 0 Å². The molecule has 126 valence electrons. The molecule has 0 fully saturated rings. The Balaban J connectivity index is 2.52.